The zero-order valence-corrected chi connectivity index (χ0v) is 43.5. The van der Waals surface area contributed by atoms with Gasteiger partial charge in [0.05, 0.1) is 62.5 Å². The van der Waals surface area contributed by atoms with Gasteiger partial charge in [-0.05, 0) is 81.3 Å². The van der Waals surface area contributed by atoms with Crippen LogP contribution in [0.2, 0.25) is 0 Å². The number of aryl methyl sites for hydroxylation is 1. The number of piperazine rings is 1. The topological polar surface area (TPSA) is 227 Å². The Morgan fingerprint density at radius 1 is 0.917 bits per heavy atom. The number of carbonyl (C=O) groups excluding carboxylic acids is 4. The van der Waals surface area contributed by atoms with Gasteiger partial charge in [-0.3, -0.25) is 24.2 Å². The molecular formula is C52H63N13O5S2. The molecule has 2 saturated heterocycles. The average molecular weight is 1010 g/mol. The third kappa shape index (κ3) is 11.9. The van der Waals surface area contributed by atoms with E-state index in [2.05, 4.69) is 61.0 Å². The second-order valence-corrected chi connectivity index (χ2v) is 21.8. The van der Waals surface area contributed by atoms with Crippen LogP contribution in [0.1, 0.15) is 103 Å². The van der Waals surface area contributed by atoms with Gasteiger partial charge < -0.3 is 35.8 Å². The van der Waals surface area contributed by atoms with Gasteiger partial charge in [-0.2, -0.15) is 10.4 Å². The van der Waals surface area contributed by atoms with Crippen molar-refractivity contribution in [1.82, 2.24) is 50.2 Å². The van der Waals surface area contributed by atoms with Gasteiger partial charge in [0.15, 0.2) is 5.01 Å². The molecule has 0 radical (unpaired) electrons. The molecule has 0 saturated carbocycles. The number of nitrogens with zero attached hydrogens (tertiary/aromatic N) is 10. The molecule has 18 nitrogen and oxygen atoms in total. The molecule has 72 heavy (non-hydrogen) atoms. The summed E-state index contributed by atoms with van der Waals surface area (Å²) >= 11 is 3.06. The molecule has 8 rings (SSSR count). The molecule has 0 spiro atoms. The molecule has 2 fully saturated rings. The second kappa shape index (κ2) is 22.3. The third-order valence-corrected chi connectivity index (χ3v) is 15.1. The molecule has 1 unspecified atom stereocenters. The van der Waals surface area contributed by atoms with Crippen molar-refractivity contribution in [2.45, 2.75) is 117 Å². The SMILES string of the molecule is Cc1ncsc1-c1ccc([C@H](C)NC(=O)[C@@H]2C[C@@H](O)CN2C(=O)C(NC(=O)CCCCCC(=O)N2CCN(c3nnc(-c4cnc(-c5ccc6cc(C#N)cnn56)cc4NC(C)C)s3)CC2)C(C)(C)C)cc1. The van der Waals surface area contributed by atoms with Crippen molar-refractivity contribution in [2.24, 2.45) is 5.41 Å². The number of pyridine rings is 1. The zero-order valence-electron chi connectivity index (χ0n) is 41.9. The lowest BCUT2D eigenvalue weighted by molar-refractivity contribution is -0.144. The minimum Gasteiger partial charge on any atom is -0.391 e. The summed E-state index contributed by atoms with van der Waals surface area (Å²) in [6.07, 6.45) is 4.96. The number of unbranched alkanes of at least 4 members (excludes halogenated alkanes) is 2. The Balaban J connectivity index is 0.781. The van der Waals surface area contributed by atoms with Gasteiger partial charge >= 0.3 is 0 Å². The second-order valence-electron chi connectivity index (χ2n) is 20.0. The molecule has 1 aromatic carbocycles. The number of aliphatic hydroxyl groups excluding tert-OH is 1. The number of thiazole rings is 1. The summed E-state index contributed by atoms with van der Waals surface area (Å²) in [5, 5.41) is 44.6. The fourth-order valence-electron chi connectivity index (χ4n) is 9.20. The fraction of sp³-hybridized carbons (Fsp3) is 0.462. The Morgan fingerprint density at radius 2 is 1.67 bits per heavy atom. The number of anilines is 2. The molecule has 2 aliphatic heterocycles. The molecule has 6 aromatic rings. The van der Waals surface area contributed by atoms with E-state index in [4.69, 9.17) is 4.98 Å². The highest BCUT2D eigenvalue weighted by Crippen LogP contribution is 2.37. The molecule has 5 aromatic heterocycles. The number of benzene rings is 1. The minimum atomic E-state index is -0.919. The Bertz CT molecular complexity index is 2950. The molecule has 7 heterocycles. The van der Waals surface area contributed by atoms with E-state index in [0.717, 1.165) is 60.0 Å². The highest BCUT2D eigenvalue weighted by Gasteiger charge is 2.44. The summed E-state index contributed by atoms with van der Waals surface area (Å²) in [4.78, 5) is 70.2. The van der Waals surface area contributed by atoms with Crippen LogP contribution in [-0.2, 0) is 19.2 Å². The van der Waals surface area contributed by atoms with Crippen molar-refractivity contribution in [1.29, 1.82) is 5.26 Å². The number of nitrogens with one attached hydrogen (secondary N) is 3. The number of hydrogen-bond acceptors (Lipinski definition) is 15. The van der Waals surface area contributed by atoms with Crippen LogP contribution in [0.5, 0.6) is 0 Å². The summed E-state index contributed by atoms with van der Waals surface area (Å²) in [6, 6.07) is 15.7. The van der Waals surface area contributed by atoms with E-state index >= 15 is 0 Å². The fourth-order valence-corrected chi connectivity index (χ4v) is 10.9. The lowest BCUT2D eigenvalue weighted by Gasteiger charge is -2.35. The molecule has 4 atom stereocenters. The molecule has 4 amide bonds. The molecule has 2 aliphatic rings. The first kappa shape index (κ1) is 51.5. The largest absolute Gasteiger partial charge is 0.391 e. The Labute approximate surface area is 427 Å². The summed E-state index contributed by atoms with van der Waals surface area (Å²) in [6.45, 7) is 15.9. The number of fused-ring (bicyclic) bond motifs is 1. The number of nitriles is 1. The normalized spacial score (nSPS) is 17.0. The van der Waals surface area contributed by atoms with E-state index < -0.39 is 29.5 Å². The van der Waals surface area contributed by atoms with Gasteiger partial charge in [-0.15, -0.1) is 21.5 Å². The van der Waals surface area contributed by atoms with E-state index in [-0.39, 0.29) is 49.2 Å². The molecule has 378 valence electrons. The van der Waals surface area contributed by atoms with E-state index in [9.17, 15) is 29.5 Å². The van der Waals surface area contributed by atoms with E-state index in [0.29, 0.717) is 57.4 Å². The highest BCUT2D eigenvalue weighted by atomic mass is 32.1. The van der Waals surface area contributed by atoms with Crippen LogP contribution in [0.3, 0.4) is 0 Å². The minimum absolute atomic E-state index is 0.00608. The number of rotatable bonds is 17. The Kier molecular flexibility index (Phi) is 16.0. The molecule has 0 bridgehead atoms. The van der Waals surface area contributed by atoms with Crippen molar-refractivity contribution in [3.8, 4) is 38.5 Å². The molecule has 4 N–H and O–H groups in total. The van der Waals surface area contributed by atoms with Crippen molar-refractivity contribution >= 4 is 62.6 Å². The van der Waals surface area contributed by atoms with Crippen LogP contribution < -0.4 is 20.9 Å². The maximum absolute atomic E-state index is 14.2. The van der Waals surface area contributed by atoms with Crippen molar-refractivity contribution < 1.29 is 24.3 Å². The molecule has 0 aliphatic carbocycles. The standard InChI is InChI=1S/C52H63N13O5S2/c1-31(2)57-40-25-41(42-18-17-37-23-34(26-53)27-56-65(37)42)54-28-39(40)49-60-61-51(72-49)63-21-19-62(20-22-63)45(68)12-10-8-9-11-44(67)59-47(52(5,6)7)50(70)64-29-38(66)24-43(64)48(69)58-32(3)35-13-15-36(16-14-35)46-33(4)55-30-71-46/h13-18,23,25,27-28,30-32,38,43,47,66H,8-12,19-22,24,29H2,1-7H3,(H,54,57)(H,58,69)(H,59,67)/t32-,38+,43-,47?/m0/s1. The van der Waals surface area contributed by atoms with Crippen LogP contribution in [0.15, 0.2) is 66.4 Å². The number of carbonyl (C=O) groups is 4. The number of β-amino-alcohol motifs (C(OH)–C–C–N with tert-alkyl or cyclic N) is 1. The highest BCUT2D eigenvalue weighted by molar-refractivity contribution is 7.18. The number of hydrogen-bond donors (Lipinski definition) is 4. The monoisotopic (exact) mass is 1010 g/mol. The quantitative estimate of drug-likeness (QED) is 0.0676. The Hall–Kier alpha value is -6.82. The smallest absolute Gasteiger partial charge is 0.246 e. The van der Waals surface area contributed by atoms with Gasteiger partial charge in [-0.25, -0.2) is 9.50 Å². The van der Waals surface area contributed by atoms with Gasteiger partial charge in [0, 0.05) is 69.9 Å². The molecular weight excluding hydrogens is 951 g/mol. The third-order valence-electron chi connectivity index (χ3n) is 13.1. The number of aliphatic hydroxyl groups is 1. The van der Waals surface area contributed by atoms with E-state index in [1.807, 2.05) is 87.5 Å². The summed E-state index contributed by atoms with van der Waals surface area (Å²) < 4.78 is 1.77. The number of amides is 4. The first-order chi connectivity index (χ1) is 34.5. The lowest BCUT2D eigenvalue weighted by atomic mass is 9.85. The summed E-state index contributed by atoms with van der Waals surface area (Å²) in [7, 11) is 0. The van der Waals surface area contributed by atoms with E-state index in [1.165, 1.54) is 22.4 Å². The zero-order chi connectivity index (χ0) is 51.3. The van der Waals surface area contributed by atoms with Crippen LogP contribution >= 0.6 is 22.7 Å². The van der Waals surface area contributed by atoms with Gasteiger partial charge in [-0.1, -0.05) is 62.8 Å². The predicted octanol–water partition coefficient (Wildman–Crippen LogP) is 7.01. The summed E-state index contributed by atoms with van der Waals surface area (Å²) in [5.74, 6) is -0.974. The van der Waals surface area contributed by atoms with E-state index in [1.54, 1.807) is 28.1 Å². The average Bonchev–Trinajstić information content (AvgIpc) is 4.19. The van der Waals surface area contributed by atoms with Crippen molar-refractivity contribution in [3.05, 3.63) is 83.3 Å². The van der Waals surface area contributed by atoms with Crippen LogP contribution in [0.4, 0.5) is 10.8 Å². The van der Waals surface area contributed by atoms with Crippen molar-refractivity contribution in [3.63, 3.8) is 0 Å². The van der Waals surface area contributed by atoms with Gasteiger partial charge in [0.1, 0.15) is 18.2 Å². The number of aromatic nitrogens is 6. The Morgan fingerprint density at radius 3 is 2.36 bits per heavy atom. The van der Waals surface area contributed by atoms with Crippen LogP contribution in [0.25, 0.3) is 37.9 Å². The first-order valence-electron chi connectivity index (χ1n) is 24.6. The number of likely N-dealkylation sites (tertiary alicyclic amines) is 1. The van der Waals surface area contributed by atoms with Gasteiger partial charge in [0.2, 0.25) is 28.8 Å². The molecule has 20 heteroatoms. The lowest BCUT2D eigenvalue weighted by Crippen LogP contribution is -2.57. The maximum atomic E-state index is 14.2. The predicted molar refractivity (Wildman–Crippen MR) is 279 cm³/mol. The first-order valence-corrected chi connectivity index (χ1v) is 26.3. The van der Waals surface area contributed by atoms with Crippen LogP contribution in [0, 0.1) is 23.7 Å². The van der Waals surface area contributed by atoms with Crippen LogP contribution in [-0.4, -0.2) is 125 Å². The van der Waals surface area contributed by atoms with Crippen molar-refractivity contribution in [2.75, 3.05) is 42.9 Å². The van der Waals surface area contributed by atoms with Gasteiger partial charge in [0.25, 0.3) is 0 Å². The maximum Gasteiger partial charge on any atom is 0.246 e. The summed E-state index contributed by atoms with van der Waals surface area (Å²) in [5.41, 5.74) is 8.56.